The van der Waals surface area contributed by atoms with Gasteiger partial charge < -0.3 is 14.4 Å². The predicted molar refractivity (Wildman–Crippen MR) is 75.9 cm³/mol. The van der Waals surface area contributed by atoms with Gasteiger partial charge in [-0.3, -0.25) is 9.69 Å². The van der Waals surface area contributed by atoms with Crippen LogP contribution in [0.4, 0.5) is 0 Å². The monoisotopic (exact) mass is 278 g/mol. The van der Waals surface area contributed by atoms with Crippen LogP contribution in [-0.4, -0.2) is 54.0 Å². The molecule has 2 aliphatic rings. The van der Waals surface area contributed by atoms with Gasteiger partial charge in [0.1, 0.15) is 0 Å². The summed E-state index contributed by atoms with van der Waals surface area (Å²) >= 11 is 0. The number of aliphatic hydroxyl groups excluding tert-OH is 1. The molecule has 1 fully saturated rings. The molecular formula is C15H22N2O3. The SMILES string of the molecule is COC[C@@H](O)CN1C[C@@H]2C[C@H](C1)c1cccc(=O)n1C2. The van der Waals surface area contributed by atoms with E-state index in [1.54, 1.807) is 13.2 Å². The minimum Gasteiger partial charge on any atom is -0.389 e. The van der Waals surface area contributed by atoms with Crippen LogP contribution in [0.2, 0.25) is 0 Å². The molecule has 3 atom stereocenters. The maximum Gasteiger partial charge on any atom is 0.250 e. The first kappa shape index (κ1) is 13.8. The van der Waals surface area contributed by atoms with Crippen molar-refractivity contribution in [1.29, 1.82) is 0 Å². The number of methoxy groups -OCH3 is 1. The van der Waals surface area contributed by atoms with E-state index in [-0.39, 0.29) is 5.56 Å². The van der Waals surface area contributed by atoms with Crippen molar-refractivity contribution in [2.75, 3.05) is 33.4 Å². The fourth-order valence-corrected chi connectivity index (χ4v) is 3.69. The number of fused-ring (bicyclic) bond motifs is 4. The van der Waals surface area contributed by atoms with E-state index in [9.17, 15) is 9.90 Å². The van der Waals surface area contributed by atoms with Gasteiger partial charge in [-0.1, -0.05) is 6.07 Å². The average molecular weight is 278 g/mol. The molecule has 1 N–H and O–H groups in total. The van der Waals surface area contributed by atoms with Crippen molar-refractivity contribution >= 4 is 0 Å². The van der Waals surface area contributed by atoms with Crippen LogP contribution in [-0.2, 0) is 11.3 Å². The molecule has 0 radical (unpaired) electrons. The molecule has 0 amide bonds. The number of piperidine rings is 1. The van der Waals surface area contributed by atoms with Crippen LogP contribution in [0.5, 0.6) is 0 Å². The molecule has 5 heteroatoms. The highest BCUT2D eigenvalue weighted by Crippen LogP contribution is 2.34. The van der Waals surface area contributed by atoms with Crippen LogP contribution in [0.3, 0.4) is 0 Å². The molecule has 2 bridgehead atoms. The second kappa shape index (κ2) is 5.68. The van der Waals surface area contributed by atoms with Gasteiger partial charge in [-0.2, -0.15) is 0 Å². The number of likely N-dealkylation sites (tertiary alicyclic amines) is 1. The Balaban J connectivity index is 1.75. The highest BCUT2D eigenvalue weighted by atomic mass is 16.5. The molecule has 1 aromatic rings. The molecule has 1 saturated heterocycles. The minimum atomic E-state index is -0.434. The van der Waals surface area contributed by atoms with E-state index in [1.807, 2.05) is 10.6 Å². The third-order valence-corrected chi connectivity index (χ3v) is 4.38. The van der Waals surface area contributed by atoms with Crippen molar-refractivity contribution in [1.82, 2.24) is 9.47 Å². The minimum absolute atomic E-state index is 0.116. The van der Waals surface area contributed by atoms with Crippen molar-refractivity contribution in [2.45, 2.75) is 25.0 Å². The Morgan fingerprint density at radius 1 is 1.40 bits per heavy atom. The molecule has 0 unspecified atom stereocenters. The van der Waals surface area contributed by atoms with Crippen LogP contribution in [0.1, 0.15) is 18.0 Å². The van der Waals surface area contributed by atoms with E-state index >= 15 is 0 Å². The predicted octanol–water partition coefficient (Wildman–Crippen LogP) is 0.275. The molecule has 110 valence electrons. The Morgan fingerprint density at radius 3 is 3.05 bits per heavy atom. The normalized spacial score (nSPS) is 27.1. The molecule has 0 aliphatic carbocycles. The molecule has 0 spiro atoms. The van der Waals surface area contributed by atoms with Gasteiger partial charge in [-0.05, 0) is 18.4 Å². The van der Waals surface area contributed by atoms with Crippen LogP contribution < -0.4 is 5.56 Å². The van der Waals surface area contributed by atoms with Crippen molar-refractivity contribution in [3.05, 3.63) is 34.2 Å². The Kier molecular flexibility index (Phi) is 3.92. The van der Waals surface area contributed by atoms with Crippen LogP contribution in [0.15, 0.2) is 23.0 Å². The van der Waals surface area contributed by atoms with Crippen molar-refractivity contribution in [2.24, 2.45) is 5.92 Å². The molecule has 3 rings (SSSR count). The maximum atomic E-state index is 11.9. The molecule has 5 nitrogen and oxygen atoms in total. The number of aromatic nitrogens is 1. The number of hydrogen-bond donors (Lipinski definition) is 1. The summed E-state index contributed by atoms with van der Waals surface area (Å²) in [7, 11) is 1.61. The van der Waals surface area contributed by atoms with Gasteiger partial charge in [0.25, 0.3) is 5.56 Å². The number of aliphatic hydroxyl groups is 1. The zero-order chi connectivity index (χ0) is 14.1. The van der Waals surface area contributed by atoms with Crippen LogP contribution in [0.25, 0.3) is 0 Å². The summed E-state index contributed by atoms with van der Waals surface area (Å²) in [5.41, 5.74) is 1.27. The Hall–Kier alpha value is -1.17. The fourth-order valence-electron chi connectivity index (χ4n) is 3.69. The Bertz CT molecular complexity index is 528. The third-order valence-electron chi connectivity index (χ3n) is 4.38. The molecule has 1 aromatic heterocycles. The molecule has 0 saturated carbocycles. The van der Waals surface area contributed by atoms with E-state index in [4.69, 9.17) is 4.74 Å². The first-order chi connectivity index (χ1) is 9.67. The summed E-state index contributed by atoms with van der Waals surface area (Å²) in [6.45, 7) is 3.71. The largest absolute Gasteiger partial charge is 0.389 e. The quantitative estimate of drug-likeness (QED) is 0.859. The van der Waals surface area contributed by atoms with Crippen molar-refractivity contribution in [3.8, 4) is 0 Å². The van der Waals surface area contributed by atoms with Crippen LogP contribution in [0, 0.1) is 5.92 Å². The number of rotatable bonds is 4. The second-order valence-electron chi connectivity index (χ2n) is 6.03. The lowest BCUT2D eigenvalue weighted by atomic mass is 9.83. The zero-order valence-corrected chi connectivity index (χ0v) is 11.9. The highest BCUT2D eigenvalue weighted by Gasteiger charge is 2.34. The summed E-state index contributed by atoms with van der Waals surface area (Å²) in [4.78, 5) is 14.2. The lowest BCUT2D eigenvalue weighted by molar-refractivity contribution is 0.0183. The molecule has 20 heavy (non-hydrogen) atoms. The van der Waals surface area contributed by atoms with E-state index in [2.05, 4.69) is 11.0 Å². The average Bonchev–Trinajstić information content (AvgIpc) is 2.40. The number of nitrogens with zero attached hydrogens (tertiary/aromatic N) is 2. The van der Waals surface area contributed by atoms with Gasteiger partial charge in [0.15, 0.2) is 0 Å². The number of β-amino-alcohol motifs (C(OH)–C–C–N with tert-alkyl or cyclic N) is 1. The second-order valence-corrected chi connectivity index (χ2v) is 6.03. The number of pyridine rings is 1. The zero-order valence-electron chi connectivity index (χ0n) is 11.9. The van der Waals surface area contributed by atoms with Gasteiger partial charge in [-0.25, -0.2) is 0 Å². The first-order valence-corrected chi connectivity index (χ1v) is 7.26. The van der Waals surface area contributed by atoms with Gasteiger partial charge in [-0.15, -0.1) is 0 Å². The molecule has 2 aliphatic heterocycles. The highest BCUT2D eigenvalue weighted by molar-refractivity contribution is 5.16. The lowest BCUT2D eigenvalue weighted by Gasteiger charge is -2.43. The number of hydrogen-bond acceptors (Lipinski definition) is 4. The smallest absolute Gasteiger partial charge is 0.250 e. The van der Waals surface area contributed by atoms with Gasteiger partial charge >= 0.3 is 0 Å². The summed E-state index contributed by atoms with van der Waals surface area (Å²) in [6.07, 6.45) is 0.720. The topological polar surface area (TPSA) is 54.7 Å². The summed E-state index contributed by atoms with van der Waals surface area (Å²) in [5, 5.41) is 9.88. The van der Waals surface area contributed by atoms with Gasteiger partial charge in [0.05, 0.1) is 12.7 Å². The van der Waals surface area contributed by atoms with Crippen molar-refractivity contribution in [3.63, 3.8) is 0 Å². The molecular weight excluding hydrogens is 256 g/mol. The lowest BCUT2D eigenvalue weighted by Crippen LogP contribution is -2.49. The van der Waals surface area contributed by atoms with Crippen molar-refractivity contribution < 1.29 is 9.84 Å². The fraction of sp³-hybridized carbons (Fsp3) is 0.667. The third kappa shape index (κ3) is 2.66. The molecule has 0 aromatic carbocycles. The van der Waals surface area contributed by atoms with E-state index in [0.717, 1.165) is 31.7 Å². The maximum absolute atomic E-state index is 11.9. The Labute approximate surface area is 118 Å². The van der Waals surface area contributed by atoms with Gasteiger partial charge in [0, 0.05) is 51.0 Å². The summed E-state index contributed by atoms with van der Waals surface area (Å²) in [5.74, 6) is 0.919. The Morgan fingerprint density at radius 2 is 2.25 bits per heavy atom. The summed E-state index contributed by atoms with van der Waals surface area (Å²) < 4.78 is 6.92. The van der Waals surface area contributed by atoms with E-state index in [1.165, 1.54) is 0 Å². The van der Waals surface area contributed by atoms with Gasteiger partial charge in [0.2, 0.25) is 0 Å². The standard InChI is InChI=1S/C15H22N2O3/c1-20-10-13(18)9-16-6-11-5-12(8-16)14-3-2-4-15(19)17(14)7-11/h2-4,11-13,18H,5-10H2,1H3/t11-,12+,13-/m0/s1. The van der Waals surface area contributed by atoms with E-state index < -0.39 is 6.10 Å². The van der Waals surface area contributed by atoms with Crippen LogP contribution >= 0.6 is 0 Å². The van der Waals surface area contributed by atoms with E-state index in [0.29, 0.717) is 25.0 Å². The molecule has 3 heterocycles. The number of ether oxygens (including phenoxy) is 1. The first-order valence-electron chi connectivity index (χ1n) is 7.26. The summed E-state index contributed by atoms with van der Waals surface area (Å²) in [6, 6.07) is 5.56.